The summed E-state index contributed by atoms with van der Waals surface area (Å²) in [6.45, 7) is 3.88. The maximum Gasteiger partial charge on any atom is 0.406 e. The van der Waals surface area contributed by atoms with Crippen molar-refractivity contribution >= 4 is 11.6 Å². The number of piperidine rings is 1. The van der Waals surface area contributed by atoms with Crippen LogP contribution >= 0.6 is 0 Å². The van der Waals surface area contributed by atoms with Crippen molar-refractivity contribution in [3.8, 4) is 0 Å². The number of nitrogens with one attached hydrogen (secondary N) is 1. The number of hydrogen-bond acceptors (Lipinski definition) is 3. The lowest BCUT2D eigenvalue weighted by atomic mass is 9.95. The number of fused-ring (bicyclic) bond motifs is 1. The maximum atomic E-state index is 12.8. The van der Waals surface area contributed by atoms with Crippen LogP contribution in [0.2, 0.25) is 0 Å². The molecule has 0 saturated carbocycles. The van der Waals surface area contributed by atoms with E-state index in [9.17, 15) is 18.0 Å². The molecule has 1 fully saturated rings. The second-order valence-corrected chi connectivity index (χ2v) is 7.58. The Morgan fingerprint density at radius 1 is 1.37 bits per heavy atom. The number of nitrogens with zero attached hydrogens (tertiary/aromatic N) is 2. The fourth-order valence-electron chi connectivity index (χ4n) is 4.20. The normalized spacial score (nSPS) is 20.2. The summed E-state index contributed by atoms with van der Waals surface area (Å²) in [4.78, 5) is 15.9. The Morgan fingerprint density at radius 3 is 2.93 bits per heavy atom. The summed E-state index contributed by atoms with van der Waals surface area (Å²) in [7, 11) is 0. The highest BCUT2D eigenvalue weighted by molar-refractivity contribution is 5.79. The van der Waals surface area contributed by atoms with Crippen LogP contribution in [0.15, 0.2) is 18.2 Å². The molecule has 0 radical (unpaired) electrons. The Hall–Kier alpha value is -1.76. The van der Waals surface area contributed by atoms with Gasteiger partial charge in [0.1, 0.15) is 6.54 Å². The van der Waals surface area contributed by atoms with E-state index in [1.165, 1.54) is 16.8 Å². The van der Waals surface area contributed by atoms with Crippen LogP contribution in [0.1, 0.15) is 37.3 Å². The van der Waals surface area contributed by atoms with Crippen LogP contribution in [0.4, 0.5) is 18.9 Å². The van der Waals surface area contributed by atoms with Gasteiger partial charge in [-0.15, -0.1) is 0 Å². The zero-order valence-electron chi connectivity index (χ0n) is 15.8. The molecule has 1 amide bonds. The summed E-state index contributed by atoms with van der Waals surface area (Å²) in [6, 6.07) is 6.27. The quantitative estimate of drug-likeness (QED) is 0.814. The van der Waals surface area contributed by atoms with Crippen LogP contribution in [-0.4, -0.2) is 54.6 Å². The molecule has 0 bridgehead atoms. The minimum atomic E-state index is -4.35. The van der Waals surface area contributed by atoms with E-state index in [1.54, 1.807) is 6.92 Å². The number of anilines is 1. The Balaban J connectivity index is 1.65. The molecule has 0 aromatic heterocycles. The van der Waals surface area contributed by atoms with Crippen molar-refractivity contribution in [1.82, 2.24) is 9.80 Å². The van der Waals surface area contributed by atoms with Gasteiger partial charge in [-0.3, -0.25) is 9.69 Å². The largest absolute Gasteiger partial charge is 0.406 e. The molecule has 0 spiro atoms. The first-order valence-electron chi connectivity index (χ1n) is 9.80. The molecule has 1 atom stereocenters. The second kappa shape index (κ2) is 8.50. The van der Waals surface area contributed by atoms with Gasteiger partial charge in [-0.05, 0) is 43.4 Å². The van der Waals surface area contributed by atoms with Crippen molar-refractivity contribution < 1.29 is 18.0 Å². The number of alkyl halides is 3. The highest BCUT2D eigenvalue weighted by Gasteiger charge is 2.36. The van der Waals surface area contributed by atoms with Crippen molar-refractivity contribution in [3.63, 3.8) is 0 Å². The molecule has 1 aromatic carbocycles. The minimum absolute atomic E-state index is 0.158. The first-order valence-corrected chi connectivity index (χ1v) is 9.80. The van der Waals surface area contributed by atoms with Gasteiger partial charge in [0, 0.05) is 31.9 Å². The summed E-state index contributed by atoms with van der Waals surface area (Å²) in [5.74, 6) is -0.701. The number of likely N-dealkylation sites (tertiary alicyclic amines) is 1. The number of rotatable bonds is 6. The predicted molar refractivity (Wildman–Crippen MR) is 99.6 cm³/mol. The topological polar surface area (TPSA) is 35.6 Å². The van der Waals surface area contributed by atoms with E-state index in [0.29, 0.717) is 19.4 Å². The molecule has 4 nitrogen and oxygen atoms in total. The molecule has 0 aliphatic carbocycles. The summed E-state index contributed by atoms with van der Waals surface area (Å²) < 4.78 is 38.5. The summed E-state index contributed by atoms with van der Waals surface area (Å²) >= 11 is 0. The van der Waals surface area contributed by atoms with Gasteiger partial charge in [-0.1, -0.05) is 25.1 Å². The molecule has 1 N–H and O–H groups in total. The van der Waals surface area contributed by atoms with Gasteiger partial charge in [0.15, 0.2) is 0 Å². The first kappa shape index (κ1) is 20.0. The first-order chi connectivity index (χ1) is 12.9. The third-order valence-corrected chi connectivity index (χ3v) is 5.36. The number of benzene rings is 1. The van der Waals surface area contributed by atoms with Gasteiger partial charge < -0.3 is 10.2 Å². The van der Waals surface area contributed by atoms with E-state index in [0.717, 1.165) is 37.4 Å². The molecule has 150 valence electrons. The summed E-state index contributed by atoms with van der Waals surface area (Å²) in [6.07, 6.45) is -1.30. The molecular formula is C20H28F3N3O. The molecular weight excluding hydrogens is 355 g/mol. The number of para-hydroxylation sites is 1. The molecule has 3 rings (SSSR count). The van der Waals surface area contributed by atoms with E-state index in [4.69, 9.17) is 0 Å². The zero-order valence-corrected chi connectivity index (χ0v) is 15.8. The van der Waals surface area contributed by atoms with Gasteiger partial charge in [-0.2, -0.15) is 13.2 Å². The van der Waals surface area contributed by atoms with Crippen LogP contribution in [0.25, 0.3) is 0 Å². The Bertz CT molecular complexity index is 662. The average Bonchev–Trinajstić information content (AvgIpc) is 3.10. The highest BCUT2D eigenvalue weighted by atomic mass is 19.4. The number of carbonyl (C=O) groups excluding carboxylic acids is 1. The third kappa shape index (κ3) is 5.15. The van der Waals surface area contributed by atoms with Crippen LogP contribution in [0, 0.1) is 5.92 Å². The van der Waals surface area contributed by atoms with Crippen molar-refractivity contribution in [2.24, 2.45) is 5.92 Å². The lowest BCUT2D eigenvalue weighted by molar-refractivity contribution is -0.164. The van der Waals surface area contributed by atoms with Crippen molar-refractivity contribution in [3.05, 3.63) is 29.3 Å². The average molecular weight is 383 g/mol. The van der Waals surface area contributed by atoms with Crippen LogP contribution < -0.4 is 5.32 Å². The van der Waals surface area contributed by atoms with Crippen molar-refractivity contribution in [2.45, 2.75) is 45.3 Å². The standard InChI is InChI=1S/C20H28F3N3O/c1-2-10-26(14-20(21,22)23)19(27)17-7-4-11-25(13-17)12-16-6-3-5-15-8-9-24-18(15)16/h3,5-6,17,24H,2,4,7-14H2,1H3. The van der Waals surface area contributed by atoms with Crippen LogP contribution in [0.3, 0.4) is 0 Å². The highest BCUT2D eigenvalue weighted by Crippen LogP contribution is 2.29. The minimum Gasteiger partial charge on any atom is -0.384 e. The second-order valence-electron chi connectivity index (χ2n) is 7.58. The molecule has 1 aromatic rings. The lowest BCUT2D eigenvalue weighted by Gasteiger charge is -2.35. The molecule has 7 heteroatoms. The van der Waals surface area contributed by atoms with Crippen molar-refractivity contribution in [2.75, 3.05) is 38.0 Å². The van der Waals surface area contributed by atoms with Gasteiger partial charge in [-0.25, -0.2) is 0 Å². The third-order valence-electron chi connectivity index (χ3n) is 5.36. The van der Waals surface area contributed by atoms with Gasteiger partial charge in [0.05, 0.1) is 5.92 Å². The fraction of sp³-hybridized carbons (Fsp3) is 0.650. The number of halogens is 3. The van der Waals surface area contributed by atoms with E-state index in [2.05, 4.69) is 28.4 Å². The fourth-order valence-corrected chi connectivity index (χ4v) is 4.20. The van der Waals surface area contributed by atoms with Crippen LogP contribution in [0.5, 0.6) is 0 Å². The summed E-state index contributed by atoms with van der Waals surface area (Å²) in [5.41, 5.74) is 3.71. The molecule has 2 heterocycles. The Labute approximate surface area is 158 Å². The Kier molecular flexibility index (Phi) is 6.29. The van der Waals surface area contributed by atoms with E-state index in [1.807, 2.05) is 0 Å². The molecule has 1 saturated heterocycles. The van der Waals surface area contributed by atoms with E-state index >= 15 is 0 Å². The van der Waals surface area contributed by atoms with Crippen LogP contribution in [-0.2, 0) is 17.8 Å². The molecule has 1 unspecified atom stereocenters. The monoisotopic (exact) mass is 383 g/mol. The Morgan fingerprint density at radius 2 is 2.19 bits per heavy atom. The van der Waals surface area contributed by atoms with E-state index in [-0.39, 0.29) is 18.4 Å². The van der Waals surface area contributed by atoms with Crippen molar-refractivity contribution in [1.29, 1.82) is 0 Å². The predicted octanol–water partition coefficient (Wildman–Crippen LogP) is 3.67. The smallest absolute Gasteiger partial charge is 0.384 e. The van der Waals surface area contributed by atoms with Gasteiger partial charge >= 0.3 is 6.18 Å². The molecule has 2 aliphatic rings. The zero-order chi connectivity index (χ0) is 19.4. The molecule has 2 aliphatic heterocycles. The maximum absolute atomic E-state index is 12.8. The lowest BCUT2D eigenvalue weighted by Crippen LogP contribution is -2.47. The molecule has 27 heavy (non-hydrogen) atoms. The van der Waals surface area contributed by atoms with Gasteiger partial charge in [0.2, 0.25) is 5.91 Å². The number of carbonyl (C=O) groups is 1. The SMILES string of the molecule is CCCN(CC(F)(F)F)C(=O)C1CCCN(Cc2cccc3c2NCC3)C1. The number of amides is 1. The number of hydrogen-bond donors (Lipinski definition) is 1. The van der Waals surface area contributed by atoms with E-state index < -0.39 is 12.7 Å². The summed E-state index contributed by atoms with van der Waals surface area (Å²) in [5, 5.41) is 3.43. The van der Waals surface area contributed by atoms with Gasteiger partial charge in [0.25, 0.3) is 0 Å².